The number of nitrogens with zero attached hydrogens (tertiary/aromatic N) is 1. The Bertz CT molecular complexity index is 826. The first-order valence-corrected chi connectivity index (χ1v) is 10.5. The number of ether oxygens (including phenoxy) is 2. The van der Waals surface area contributed by atoms with Gasteiger partial charge in [0.15, 0.2) is 0 Å². The van der Waals surface area contributed by atoms with Gasteiger partial charge in [-0.25, -0.2) is 9.59 Å². The number of aliphatic hydroxyl groups is 1. The van der Waals surface area contributed by atoms with E-state index in [0.29, 0.717) is 17.7 Å². The number of esters is 2. The molecule has 1 aromatic heterocycles. The lowest BCUT2D eigenvalue weighted by Gasteiger charge is -1.98. The molecule has 0 saturated heterocycles. The minimum Gasteiger partial charge on any atom is -0.465 e. The average molecular weight is 442 g/mol. The summed E-state index contributed by atoms with van der Waals surface area (Å²) in [5.74, 6) is -0.610. The van der Waals surface area contributed by atoms with Gasteiger partial charge in [0.2, 0.25) is 0 Å². The van der Waals surface area contributed by atoms with Crippen molar-refractivity contribution in [3.05, 3.63) is 89.3 Å². The number of carbonyl (C=O) groups excluding carboxylic acids is 2. The molecular formula is C26H35NO5. The van der Waals surface area contributed by atoms with Crippen LogP contribution in [0.25, 0.3) is 0 Å². The van der Waals surface area contributed by atoms with Gasteiger partial charge in [-0.3, -0.25) is 4.98 Å². The lowest BCUT2D eigenvalue weighted by molar-refractivity contribution is 0.0524. The molecule has 1 aromatic carbocycles. The fourth-order valence-electron chi connectivity index (χ4n) is 2.24. The number of rotatable bonds is 7. The molecule has 174 valence electrons. The molecule has 0 aliphatic rings. The van der Waals surface area contributed by atoms with E-state index in [0.717, 1.165) is 12.8 Å². The molecule has 0 radical (unpaired) electrons. The van der Waals surface area contributed by atoms with E-state index >= 15 is 0 Å². The Balaban J connectivity index is 0.000000451. The van der Waals surface area contributed by atoms with Crippen molar-refractivity contribution in [2.45, 2.75) is 40.5 Å². The summed E-state index contributed by atoms with van der Waals surface area (Å²) in [6.45, 7) is 8.59. The molecule has 0 unspecified atom stereocenters. The minimum atomic E-state index is -0.319. The third-order valence-corrected chi connectivity index (χ3v) is 3.90. The lowest BCUT2D eigenvalue weighted by atomic mass is 10.1. The molecule has 6 heteroatoms. The van der Waals surface area contributed by atoms with E-state index in [4.69, 9.17) is 9.84 Å². The van der Waals surface area contributed by atoms with E-state index in [2.05, 4.69) is 36.6 Å². The summed E-state index contributed by atoms with van der Waals surface area (Å²) in [6, 6.07) is 12.2. The molecule has 0 aliphatic heterocycles. The number of allylic oxidation sites excluding steroid dienone is 3. The quantitative estimate of drug-likeness (QED) is 0.457. The number of carbonyl (C=O) groups is 2. The summed E-state index contributed by atoms with van der Waals surface area (Å²) in [6.07, 6.45) is 9.32. The van der Waals surface area contributed by atoms with Crippen LogP contribution in [-0.2, 0) is 9.47 Å². The number of aliphatic hydroxyl groups excluding tert-OH is 1. The van der Waals surface area contributed by atoms with Crippen LogP contribution in [-0.4, -0.2) is 42.4 Å². The Morgan fingerprint density at radius 2 is 1.62 bits per heavy atom. The highest BCUT2D eigenvalue weighted by Crippen LogP contribution is 2.05. The summed E-state index contributed by atoms with van der Waals surface area (Å²) < 4.78 is 9.25. The zero-order valence-electron chi connectivity index (χ0n) is 19.7. The van der Waals surface area contributed by atoms with Crippen molar-refractivity contribution in [2.24, 2.45) is 0 Å². The van der Waals surface area contributed by atoms with Crippen LogP contribution in [0.4, 0.5) is 0 Å². The molecule has 6 nitrogen and oxygen atoms in total. The molecule has 1 N–H and O–H groups in total. The van der Waals surface area contributed by atoms with Crippen molar-refractivity contribution in [2.75, 3.05) is 20.3 Å². The highest BCUT2D eigenvalue weighted by Gasteiger charge is 2.03. The molecule has 2 aromatic rings. The highest BCUT2D eigenvalue weighted by atomic mass is 16.5. The van der Waals surface area contributed by atoms with E-state index in [1.165, 1.54) is 24.5 Å². The number of methoxy groups -OCH3 is 1. The number of pyridine rings is 1. The average Bonchev–Trinajstić information content (AvgIpc) is 2.80. The zero-order chi connectivity index (χ0) is 24.2. The Labute approximate surface area is 191 Å². The van der Waals surface area contributed by atoms with E-state index < -0.39 is 0 Å². The van der Waals surface area contributed by atoms with Crippen LogP contribution in [0.1, 0.15) is 61.3 Å². The van der Waals surface area contributed by atoms with Crippen LogP contribution < -0.4 is 0 Å². The number of benzene rings is 1. The molecule has 1 heterocycles. The predicted molar refractivity (Wildman–Crippen MR) is 127 cm³/mol. The maximum atomic E-state index is 11.0. The fraction of sp³-hybridized carbons (Fsp3) is 0.346. The van der Waals surface area contributed by atoms with Gasteiger partial charge < -0.3 is 14.6 Å². The van der Waals surface area contributed by atoms with Crippen molar-refractivity contribution in [1.82, 2.24) is 4.98 Å². The zero-order valence-corrected chi connectivity index (χ0v) is 19.7. The Morgan fingerprint density at radius 3 is 2.12 bits per heavy atom. The van der Waals surface area contributed by atoms with Gasteiger partial charge >= 0.3 is 11.9 Å². The van der Waals surface area contributed by atoms with Crippen molar-refractivity contribution in [1.29, 1.82) is 0 Å². The Hall–Kier alpha value is -3.25. The normalized spacial score (nSPS) is 9.88. The predicted octanol–water partition coefficient (Wildman–Crippen LogP) is 5.40. The third kappa shape index (κ3) is 14.7. The van der Waals surface area contributed by atoms with Crippen LogP contribution in [0.15, 0.2) is 78.2 Å². The largest absolute Gasteiger partial charge is 0.465 e. The molecule has 0 saturated carbocycles. The topological polar surface area (TPSA) is 85.7 Å². The Kier molecular flexibility index (Phi) is 16.6. The smallest absolute Gasteiger partial charge is 0.339 e. The number of hydrogen-bond acceptors (Lipinski definition) is 6. The first kappa shape index (κ1) is 28.8. The van der Waals surface area contributed by atoms with Crippen LogP contribution in [0.3, 0.4) is 0 Å². The van der Waals surface area contributed by atoms with Crippen molar-refractivity contribution < 1.29 is 24.2 Å². The van der Waals surface area contributed by atoms with Crippen LogP contribution >= 0.6 is 0 Å². The van der Waals surface area contributed by atoms with E-state index in [1.807, 2.05) is 12.1 Å². The minimum absolute atomic E-state index is 0.167. The van der Waals surface area contributed by atoms with Crippen LogP contribution in [0.5, 0.6) is 0 Å². The summed E-state index contributed by atoms with van der Waals surface area (Å²) in [5.41, 5.74) is 3.71. The van der Waals surface area contributed by atoms with Gasteiger partial charge in [0.05, 0.1) is 31.5 Å². The third-order valence-electron chi connectivity index (χ3n) is 3.90. The van der Waals surface area contributed by atoms with Crippen LogP contribution in [0, 0.1) is 0 Å². The monoisotopic (exact) mass is 441 g/mol. The molecular weight excluding hydrogens is 406 g/mol. The van der Waals surface area contributed by atoms with E-state index in [1.54, 1.807) is 49.5 Å². The summed E-state index contributed by atoms with van der Waals surface area (Å²) in [5, 5.41) is 8.55. The molecule has 0 spiro atoms. The maximum absolute atomic E-state index is 11.0. The van der Waals surface area contributed by atoms with Gasteiger partial charge in [-0.1, -0.05) is 41.5 Å². The van der Waals surface area contributed by atoms with Crippen molar-refractivity contribution >= 4 is 11.9 Å². The summed E-state index contributed by atoms with van der Waals surface area (Å²) in [4.78, 5) is 25.6. The standard InChI is InChI=1S/C10H18O.C8H9NO2.C8H8O2/c1-9(2)5-4-6-10(3)7-8-11;1-2-11-8(10)7-4-3-5-9-6-7;1-10-8(9)7-5-3-2-4-6-7/h5,7,11H,4,6,8H2,1-3H3;3-6H,2H2,1H3;2-6H,1H3/b10-7-;;. The summed E-state index contributed by atoms with van der Waals surface area (Å²) >= 11 is 0. The maximum Gasteiger partial charge on any atom is 0.339 e. The van der Waals surface area contributed by atoms with Gasteiger partial charge in [0, 0.05) is 12.4 Å². The SMILES string of the molecule is CC(C)=CCC/C(C)=C\CO.CCOC(=O)c1cccnc1.COC(=O)c1ccccc1. The second kappa shape index (κ2) is 18.5. The first-order chi connectivity index (χ1) is 15.3. The molecule has 0 amide bonds. The fourth-order valence-corrected chi connectivity index (χ4v) is 2.24. The Morgan fingerprint density at radius 1 is 0.969 bits per heavy atom. The van der Waals surface area contributed by atoms with Gasteiger partial charge in [0.1, 0.15) is 0 Å². The molecule has 0 aliphatic carbocycles. The molecule has 2 rings (SSSR count). The van der Waals surface area contributed by atoms with Gasteiger partial charge in [-0.05, 0) is 64.8 Å². The lowest BCUT2D eigenvalue weighted by Crippen LogP contribution is -2.04. The second-order valence-corrected chi connectivity index (χ2v) is 6.87. The molecule has 32 heavy (non-hydrogen) atoms. The van der Waals surface area contributed by atoms with Crippen molar-refractivity contribution in [3.63, 3.8) is 0 Å². The van der Waals surface area contributed by atoms with Crippen molar-refractivity contribution in [3.8, 4) is 0 Å². The molecule has 0 atom stereocenters. The highest BCUT2D eigenvalue weighted by molar-refractivity contribution is 5.89. The second-order valence-electron chi connectivity index (χ2n) is 6.87. The molecule has 0 bridgehead atoms. The first-order valence-electron chi connectivity index (χ1n) is 10.5. The number of hydrogen-bond donors (Lipinski definition) is 1. The van der Waals surface area contributed by atoms with Gasteiger partial charge in [0.25, 0.3) is 0 Å². The number of aromatic nitrogens is 1. The van der Waals surface area contributed by atoms with Crippen LogP contribution in [0.2, 0.25) is 0 Å². The van der Waals surface area contributed by atoms with E-state index in [9.17, 15) is 9.59 Å². The summed E-state index contributed by atoms with van der Waals surface area (Å²) in [7, 11) is 1.37. The molecule has 0 fully saturated rings. The van der Waals surface area contributed by atoms with Gasteiger partial charge in [-0.2, -0.15) is 0 Å². The van der Waals surface area contributed by atoms with Gasteiger partial charge in [-0.15, -0.1) is 0 Å². The van der Waals surface area contributed by atoms with E-state index in [-0.39, 0.29) is 18.5 Å².